The second-order valence-electron chi connectivity index (χ2n) is 5.18. The van der Waals surface area contributed by atoms with E-state index >= 15 is 0 Å². The lowest BCUT2D eigenvalue weighted by atomic mass is 10.2. The van der Waals surface area contributed by atoms with Gasteiger partial charge < -0.3 is 4.74 Å². The third-order valence-corrected chi connectivity index (χ3v) is 3.43. The molecule has 0 aliphatic heterocycles. The van der Waals surface area contributed by atoms with Crippen LogP contribution in [0.25, 0.3) is 0 Å². The van der Waals surface area contributed by atoms with Crippen LogP contribution in [0.4, 0.5) is 11.4 Å². The fraction of sp³-hybridized carbons (Fsp3) is 0.0500. The molecule has 3 rings (SSSR count). The number of anilines is 1. The summed E-state index contributed by atoms with van der Waals surface area (Å²) in [4.78, 5) is 0. The van der Waals surface area contributed by atoms with Gasteiger partial charge in [0.2, 0.25) is 5.84 Å². The van der Waals surface area contributed by atoms with Crippen molar-refractivity contribution in [3.8, 4) is 5.75 Å². The molecule has 0 saturated carbocycles. The Hall–Kier alpha value is -3.47. The highest BCUT2D eigenvalue weighted by Crippen LogP contribution is 2.16. The molecule has 0 unspecified atom stereocenters. The quantitative estimate of drug-likeness (QED) is 0.300. The van der Waals surface area contributed by atoms with Crippen LogP contribution < -0.4 is 10.2 Å². The van der Waals surface area contributed by atoms with E-state index in [4.69, 9.17) is 4.74 Å². The van der Waals surface area contributed by atoms with E-state index < -0.39 is 0 Å². The first kappa shape index (κ1) is 16.4. The summed E-state index contributed by atoms with van der Waals surface area (Å²) < 4.78 is 5.20. The predicted octanol–water partition coefficient (Wildman–Crippen LogP) is 5.25. The first-order valence-corrected chi connectivity index (χ1v) is 7.85. The van der Waals surface area contributed by atoms with E-state index in [2.05, 4.69) is 20.8 Å². The fourth-order valence-electron chi connectivity index (χ4n) is 2.11. The van der Waals surface area contributed by atoms with Crippen molar-refractivity contribution in [3.05, 3.63) is 90.5 Å². The van der Waals surface area contributed by atoms with Crippen molar-refractivity contribution >= 4 is 17.2 Å². The van der Waals surface area contributed by atoms with Crippen molar-refractivity contribution in [1.29, 1.82) is 0 Å². The molecule has 0 aliphatic rings. The summed E-state index contributed by atoms with van der Waals surface area (Å²) in [6.45, 7) is 0. The summed E-state index contributed by atoms with van der Waals surface area (Å²) >= 11 is 0. The molecule has 1 N–H and O–H groups in total. The number of nitrogens with one attached hydrogen (secondary N) is 1. The SMILES string of the molecule is COc1ccc(C(/N=N/c2ccccc2)=N\Nc2ccccc2)cc1. The molecule has 3 aromatic carbocycles. The van der Waals surface area contributed by atoms with Gasteiger partial charge in [0, 0.05) is 5.56 Å². The maximum atomic E-state index is 5.20. The van der Waals surface area contributed by atoms with Crippen LogP contribution in [0.1, 0.15) is 5.56 Å². The van der Waals surface area contributed by atoms with Crippen molar-refractivity contribution in [2.45, 2.75) is 0 Å². The third-order valence-electron chi connectivity index (χ3n) is 3.43. The van der Waals surface area contributed by atoms with Crippen LogP contribution in [-0.2, 0) is 0 Å². The predicted molar refractivity (Wildman–Crippen MR) is 101 cm³/mol. The normalized spacial score (nSPS) is 11.5. The van der Waals surface area contributed by atoms with Crippen LogP contribution in [0.3, 0.4) is 0 Å². The summed E-state index contributed by atoms with van der Waals surface area (Å²) in [7, 11) is 1.63. The van der Waals surface area contributed by atoms with Gasteiger partial charge in [0.25, 0.3) is 0 Å². The maximum Gasteiger partial charge on any atom is 0.201 e. The lowest BCUT2D eigenvalue weighted by Crippen LogP contribution is -2.01. The van der Waals surface area contributed by atoms with E-state index in [1.54, 1.807) is 7.11 Å². The van der Waals surface area contributed by atoms with Crippen LogP contribution in [0.2, 0.25) is 0 Å². The van der Waals surface area contributed by atoms with Gasteiger partial charge >= 0.3 is 0 Å². The van der Waals surface area contributed by atoms with Crippen molar-refractivity contribution in [2.75, 3.05) is 12.5 Å². The number of methoxy groups -OCH3 is 1. The Morgan fingerprint density at radius 3 is 2.08 bits per heavy atom. The van der Waals surface area contributed by atoms with Crippen LogP contribution in [0, 0.1) is 0 Å². The Morgan fingerprint density at radius 1 is 0.800 bits per heavy atom. The van der Waals surface area contributed by atoms with Gasteiger partial charge in [0.15, 0.2) is 0 Å². The average molecular weight is 330 g/mol. The molecule has 0 heterocycles. The van der Waals surface area contributed by atoms with Crippen LogP contribution >= 0.6 is 0 Å². The van der Waals surface area contributed by atoms with E-state index in [9.17, 15) is 0 Å². The molecule has 0 fully saturated rings. The number of rotatable bonds is 5. The van der Waals surface area contributed by atoms with E-state index in [0.717, 1.165) is 22.7 Å². The molecule has 0 aromatic heterocycles. The molecule has 5 nitrogen and oxygen atoms in total. The summed E-state index contributed by atoms with van der Waals surface area (Å²) in [5.41, 5.74) is 5.49. The van der Waals surface area contributed by atoms with Gasteiger partial charge in [-0.2, -0.15) is 5.10 Å². The summed E-state index contributed by atoms with van der Waals surface area (Å²) in [5, 5.41) is 13.0. The topological polar surface area (TPSA) is 58.3 Å². The molecule has 0 radical (unpaired) electrons. The second kappa shape index (κ2) is 8.40. The highest BCUT2D eigenvalue weighted by molar-refractivity contribution is 5.99. The van der Waals surface area contributed by atoms with Crippen LogP contribution in [0.15, 0.2) is 100 Å². The van der Waals surface area contributed by atoms with Crippen molar-refractivity contribution in [2.24, 2.45) is 15.3 Å². The van der Waals surface area contributed by atoms with E-state index in [1.807, 2.05) is 84.9 Å². The highest BCUT2D eigenvalue weighted by atomic mass is 16.5. The minimum atomic E-state index is 0.482. The highest BCUT2D eigenvalue weighted by Gasteiger charge is 2.04. The maximum absolute atomic E-state index is 5.20. The van der Waals surface area contributed by atoms with Crippen molar-refractivity contribution < 1.29 is 4.74 Å². The molecule has 124 valence electrons. The largest absolute Gasteiger partial charge is 0.497 e. The Balaban J connectivity index is 1.88. The number of para-hydroxylation sites is 1. The smallest absolute Gasteiger partial charge is 0.201 e. The number of azo groups is 1. The summed E-state index contributed by atoms with van der Waals surface area (Å²) in [5.74, 6) is 1.26. The average Bonchev–Trinajstić information content (AvgIpc) is 2.70. The molecule has 25 heavy (non-hydrogen) atoms. The Kier molecular flexibility index (Phi) is 5.51. The van der Waals surface area contributed by atoms with Gasteiger partial charge in [-0.3, -0.25) is 5.43 Å². The van der Waals surface area contributed by atoms with Crippen LogP contribution in [0.5, 0.6) is 5.75 Å². The number of amidine groups is 1. The summed E-state index contributed by atoms with van der Waals surface area (Å²) in [6, 6.07) is 26.8. The monoisotopic (exact) mass is 330 g/mol. The molecule has 0 bridgehead atoms. The molecule has 0 spiro atoms. The first-order valence-electron chi connectivity index (χ1n) is 7.85. The van der Waals surface area contributed by atoms with Crippen LogP contribution in [-0.4, -0.2) is 12.9 Å². The van der Waals surface area contributed by atoms with Gasteiger partial charge in [-0.15, -0.1) is 10.2 Å². The van der Waals surface area contributed by atoms with E-state index in [-0.39, 0.29) is 0 Å². The Morgan fingerprint density at radius 2 is 1.44 bits per heavy atom. The molecular formula is C20H18N4O. The lowest BCUT2D eigenvalue weighted by molar-refractivity contribution is 0.415. The number of nitrogens with zero attached hydrogens (tertiary/aromatic N) is 3. The first-order chi connectivity index (χ1) is 12.3. The van der Waals surface area contributed by atoms with E-state index in [0.29, 0.717) is 5.84 Å². The standard InChI is InChI=1S/C20H18N4O/c1-25-19-14-12-16(13-15-19)20(23-21-17-8-4-2-5-9-17)24-22-18-10-6-3-7-11-18/h2-15,21H,1H3/b23-20+,24-22+. The van der Waals surface area contributed by atoms with Gasteiger partial charge in [-0.05, 0) is 48.5 Å². The molecule has 5 heteroatoms. The van der Waals surface area contributed by atoms with Gasteiger partial charge in [0.1, 0.15) is 5.75 Å². The molecular weight excluding hydrogens is 312 g/mol. The minimum absolute atomic E-state index is 0.482. The van der Waals surface area contributed by atoms with E-state index in [1.165, 1.54) is 0 Å². The van der Waals surface area contributed by atoms with Gasteiger partial charge in [-0.25, -0.2) is 0 Å². The van der Waals surface area contributed by atoms with Gasteiger partial charge in [-0.1, -0.05) is 36.4 Å². The molecule has 0 aliphatic carbocycles. The third kappa shape index (κ3) is 4.75. The number of hydrazone groups is 1. The molecule has 3 aromatic rings. The minimum Gasteiger partial charge on any atom is -0.497 e. The number of hydrogen-bond donors (Lipinski definition) is 1. The zero-order valence-electron chi connectivity index (χ0n) is 13.8. The van der Waals surface area contributed by atoms with Crippen molar-refractivity contribution in [1.82, 2.24) is 0 Å². The Bertz CT molecular complexity index is 844. The van der Waals surface area contributed by atoms with Crippen molar-refractivity contribution in [3.63, 3.8) is 0 Å². The lowest BCUT2D eigenvalue weighted by Gasteiger charge is -2.04. The molecule has 0 amide bonds. The zero-order valence-corrected chi connectivity index (χ0v) is 13.8. The fourth-order valence-corrected chi connectivity index (χ4v) is 2.11. The molecule has 0 saturated heterocycles. The second-order valence-corrected chi connectivity index (χ2v) is 5.18. The number of benzene rings is 3. The molecule has 0 atom stereocenters. The summed E-state index contributed by atoms with van der Waals surface area (Å²) in [6.07, 6.45) is 0. The number of ether oxygens (including phenoxy) is 1. The van der Waals surface area contributed by atoms with Gasteiger partial charge in [0.05, 0.1) is 18.5 Å². The number of hydrogen-bond acceptors (Lipinski definition) is 4. The zero-order chi connectivity index (χ0) is 17.3. The Labute approximate surface area is 146 Å².